The average Bonchev–Trinajstić information content (AvgIpc) is 3.39. The molecule has 2 aliphatic heterocycles. The number of fused-ring (bicyclic) bond motifs is 1. The molecule has 174 valence electrons. The van der Waals surface area contributed by atoms with E-state index in [1.54, 1.807) is 28.4 Å². The van der Waals surface area contributed by atoms with Crippen LogP contribution in [0.3, 0.4) is 0 Å². The highest BCUT2D eigenvalue weighted by molar-refractivity contribution is 7.18. The lowest BCUT2D eigenvalue weighted by atomic mass is 9.98. The van der Waals surface area contributed by atoms with Crippen LogP contribution < -0.4 is 9.64 Å². The second-order valence-corrected chi connectivity index (χ2v) is 9.27. The van der Waals surface area contributed by atoms with Gasteiger partial charge in [0.1, 0.15) is 12.3 Å². The van der Waals surface area contributed by atoms with Crippen LogP contribution in [0.5, 0.6) is 5.75 Å². The first kappa shape index (κ1) is 22.0. The summed E-state index contributed by atoms with van der Waals surface area (Å²) < 4.78 is 6.19. The van der Waals surface area contributed by atoms with Gasteiger partial charge < -0.3 is 9.64 Å². The van der Waals surface area contributed by atoms with Gasteiger partial charge in [0.2, 0.25) is 5.91 Å². The Kier molecular flexibility index (Phi) is 5.74. The Hall–Kier alpha value is -3.79. The number of hydrogen-bond donors (Lipinski definition) is 0. The fraction of sp³-hybridized carbons (Fsp3) is 0.292. The molecule has 0 aliphatic carbocycles. The van der Waals surface area contributed by atoms with E-state index < -0.39 is 24.4 Å². The molecule has 10 heteroatoms. The lowest BCUT2D eigenvalue weighted by Gasteiger charge is -2.32. The zero-order valence-corrected chi connectivity index (χ0v) is 19.3. The zero-order valence-electron chi connectivity index (χ0n) is 18.5. The molecule has 0 N–H and O–H groups in total. The molecule has 1 aromatic heterocycles. The number of nitrogens with zero attached hydrogens (tertiary/aromatic N) is 4. The van der Waals surface area contributed by atoms with Gasteiger partial charge in [-0.15, -0.1) is 11.3 Å². The maximum absolute atomic E-state index is 13.0. The van der Waals surface area contributed by atoms with Crippen molar-refractivity contribution in [2.45, 2.75) is 18.8 Å². The van der Waals surface area contributed by atoms with Crippen LogP contribution in [0, 0.1) is 0 Å². The Morgan fingerprint density at radius 3 is 2.59 bits per heavy atom. The van der Waals surface area contributed by atoms with Gasteiger partial charge in [0.25, 0.3) is 0 Å². The van der Waals surface area contributed by atoms with Gasteiger partial charge in [-0.3, -0.25) is 14.4 Å². The van der Waals surface area contributed by atoms with Crippen LogP contribution in [0.4, 0.5) is 10.5 Å². The number of carbonyl (C=O) groups is 4. The summed E-state index contributed by atoms with van der Waals surface area (Å²) in [5, 5.41) is 0.980. The van der Waals surface area contributed by atoms with Crippen LogP contribution in [0.15, 0.2) is 48.5 Å². The number of carbonyl (C=O) groups excluding carboxylic acids is 4. The minimum atomic E-state index is -1.01. The predicted octanol–water partition coefficient (Wildman–Crippen LogP) is 3.01. The van der Waals surface area contributed by atoms with Gasteiger partial charge in [-0.25, -0.2) is 19.6 Å². The first-order chi connectivity index (χ1) is 16.5. The van der Waals surface area contributed by atoms with E-state index in [9.17, 15) is 19.2 Å². The number of thiazole rings is 1. The van der Waals surface area contributed by atoms with E-state index in [1.807, 2.05) is 24.3 Å². The lowest BCUT2D eigenvalue weighted by molar-refractivity contribution is -0.142. The van der Waals surface area contributed by atoms with E-state index in [-0.39, 0.29) is 17.5 Å². The highest BCUT2D eigenvalue weighted by Crippen LogP contribution is 2.33. The summed E-state index contributed by atoms with van der Waals surface area (Å²) in [6.07, 6.45) is 1.71. The largest absolute Gasteiger partial charge is 0.497 e. The third kappa shape index (κ3) is 3.90. The molecule has 5 amide bonds. The number of piperidine rings is 1. The van der Waals surface area contributed by atoms with Crippen molar-refractivity contribution < 1.29 is 23.9 Å². The Morgan fingerprint density at radius 2 is 1.85 bits per heavy atom. The molecule has 2 saturated heterocycles. The van der Waals surface area contributed by atoms with Crippen molar-refractivity contribution in [3.8, 4) is 5.75 Å². The second kappa shape index (κ2) is 8.86. The summed E-state index contributed by atoms with van der Waals surface area (Å²) >= 11 is 1.62. The number of hydrogen-bond acceptors (Lipinski definition) is 7. The predicted molar refractivity (Wildman–Crippen MR) is 126 cm³/mol. The summed E-state index contributed by atoms with van der Waals surface area (Å²) in [4.78, 5) is 58.9. The Labute approximate surface area is 199 Å². The van der Waals surface area contributed by atoms with Crippen molar-refractivity contribution in [1.29, 1.82) is 0 Å². The van der Waals surface area contributed by atoms with Crippen LogP contribution in [0.25, 0.3) is 10.2 Å². The average molecular weight is 479 g/mol. The number of rotatable bonds is 5. The Morgan fingerprint density at radius 1 is 1.09 bits per heavy atom. The van der Waals surface area contributed by atoms with Crippen molar-refractivity contribution >= 4 is 51.0 Å². The number of methoxy groups -OCH3 is 1. The molecule has 5 rings (SSSR count). The van der Waals surface area contributed by atoms with Crippen LogP contribution in [-0.2, 0) is 14.4 Å². The number of likely N-dealkylation sites (tertiary alicyclic amines) is 1. The van der Waals surface area contributed by atoms with Crippen molar-refractivity contribution in [2.75, 3.05) is 31.6 Å². The third-order valence-corrected chi connectivity index (χ3v) is 7.31. The van der Waals surface area contributed by atoms with E-state index in [4.69, 9.17) is 9.72 Å². The molecule has 0 radical (unpaired) electrons. The monoisotopic (exact) mass is 478 g/mol. The normalized spacial score (nSPS) is 18.8. The quantitative estimate of drug-likeness (QED) is 0.413. The van der Waals surface area contributed by atoms with Gasteiger partial charge in [-0.1, -0.05) is 12.1 Å². The SMILES string of the molecule is COc1ccc(N2C(=O)C(=O)N(CC(=O)N3CCC[C@H](c4nc5ccccc5s4)C3)C2=O)cc1. The second-order valence-electron chi connectivity index (χ2n) is 8.21. The van der Waals surface area contributed by atoms with E-state index in [1.165, 1.54) is 19.2 Å². The zero-order chi connectivity index (χ0) is 23.8. The number of benzene rings is 2. The summed E-state index contributed by atoms with van der Waals surface area (Å²) in [6.45, 7) is 0.528. The van der Waals surface area contributed by atoms with Crippen molar-refractivity contribution in [3.63, 3.8) is 0 Å². The smallest absolute Gasteiger partial charge is 0.339 e. The minimum Gasteiger partial charge on any atom is -0.497 e. The van der Waals surface area contributed by atoms with Gasteiger partial charge in [-0.05, 0) is 49.2 Å². The lowest BCUT2D eigenvalue weighted by Crippen LogP contribution is -2.46. The molecule has 9 nitrogen and oxygen atoms in total. The molecule has 1 atom stereocenters. The van der Waals surface area contributed by atoms with Crippen LogP contribution >= 0.6 is 11.3 Å². The molecule has 0 bridgehead atoms. The summed E-state index contributed by atoms with van der Waals surface area (Å²) in [6, 6.07) is 13.3. The molecule has 2 fully saturated rings. The third-order valence-electron chi connectivity index (χ3n) is 6.11. The molecule has 0 saturated carbocycles. The van der Waals surface area contributed by atoms with E-state index in [0.717, 1.165) is 37.9 Å². The van der Waals surface area contributed by atoms with Crippen LogP contribution in [-0.4, -0.2) is 65.3 Å². The minimum absolute atomic E-state index is 0.0949. The van der Waals surface area contributed by atoms with Crippen LogP contribution in [0.1, 0.15) is 23.8 Å². The number of urea groups is 1. The first-order valence-corrected chi connectivity index (χ1v) is 11.7. The number of aromatic nitrogens is 1. The van der Waals surface area contributed by atoms with E-state index in [2.05, 4.69) is 0 Å². The maximum atomic E-state index is 13.0. The fourth-order valence-electron chi connectivity index (χ4n) is 4.31. The highest BCUT2D eigenvalue weighted by atomic mass is 32.1. The number of para-hydroxylation sites is 1. The van der Waals surface area contributed by atoms with Crippen molar-refractivity contribution in [1.82, 2.24) is 14.8 Å². The molecule has 2 aromatic carbocycles. The number of anilines is 1. The van der Waals surface area contributed by atoms with Crippen molar-refractivity contribution in [2.24, 2.45) is 0 Å². The Balaban J connectivity index is 1.28. The Bertz CT molecular complexity index is 1260. The maximum Gasteiger partial charge on any atom is 0.339 e. The molecule has 34 heavy (non-hydrogen) atoms. The summed E-state index contributed by atoms with van der Waals surface area (Å²) in [7, 11) is 1.50. The standard InChI is InChI=1S/C24H22N4O5S/c1-33-17-10-8-16(9-11-17)28-23(31)22(30)27(24(28)32)14-20(29)26-12-4-5-15(13-26)21-25-18-6-2-3-7-19(18)34-21/h2-3,6-11,15H,4-5,12-14H2,1H3/t15-/m0/s1. The summed E-state index contributed by atoms with van der Waals surface area (Å²) in [5.74, 6) is -1.70. The van der Waals surface area contributed by atoms with E-state index >= 15 is 0 Å². The highest BCUT2D eigenvalue weighted by Gasteiger charge is 2.46. The summed E-state index contributed by atoms with van der Waals surface area (Å²) in [5.41, 5.74) is 1.18. The fourth-order valence-corrected chi connectivity index (χ4v) is 5.40. The number of ether oxygens (including phenoxy) is 1. The van der Waals surface area contributed by atoms with E-state index in [0.29, 0.717) is 18.8 Å². The molecule has 2 aliphatic rings. The van der Waals surface area contributed by atoms with Crippen LogP contribution in [0.2, 0.25) is 0 Å². The molecular formula is C24H22N4O5S. The van der Waals surface area contributed by atoms with Gasteiger partial charge >= 0.3 is 17.8 Å². The van der Waals surface area contributed by atoms with Gasteiger partial charge in [0.15, 0.2) is 0 Å². The number of amides is 5. The number of imide groups is 2. The first-order valence-electron chi connectivity index (χ1n) is 10.9. The van der Waals surface area contributed by atoms with Gasteiger partial charge in [0.05, 0.1) is 28.0 Å². The topological polar surface area (TPSA) is 100 Å². The molecule has 0 spiro atoms. The molecule has 3 heterocycles. The van der Waals surface area contributed by atoms with Gasteiger partial charge in [-0.2, -0.15) is 0 Å². The molecule has 3 aromatic rings. The molecule has 0 unspecified atom stereocenters. The molecular weight excluding hydrogens is 456 g/mol. The van der Waals surface area contributed by atoms with Crippen molar-refractivity contribution in [3.05, 3.63) is 53.5 Å². The van der Waals surface area contributed by atoms with Gasteiger partial charge in [0, 0.05) is 19.0 Å².